The summed E-state index contributed by atoms with van der Waals surface area (Å²) in [5, 5.41) is 25.7. The standard InChI is InChI=1S/C6H8O5/c7-3-1-6(2-3,4(8)9)5(10)11/h3,7H,1-2H2,(H,8,9)(H,10,11). The van der Waals surface area contributed by atoms with Gasteiger partial charge in [0.2, 0.25) is 0 Å². The Bertz CT molecular complexity index is 187. The fraction of sp³-hybridized carbons (Fsp3) is 0.667. The summed E-state index contributed by atoms with van der Waals surface area (Å²) in [6, 6.07) is 0. The van der Waals surface area contributed by atoms with Gasteiger partial charge in [0.15, 0.2) is 5.41 Å². The van der Waals surface area contributed by atoms with Crippen molar-refractivity contribution >= 4 is 11.9 Å². The molecule has 3 N–H and O–H groups in total. The van der Waals surface area contributed by atoms with Gasteiger partial charge in [0, 0.05) is 12.8 Å². The maximum atomic E-state index is 10.4. The Labute approximate surface area is 62.3 Å². The molecule has 1 saturated carbocycles. The van der Waals surface area contributed by atoms with Crippen molar-refractivity contribution in [3.8, 4) is 0 Å². The zero-order valence-corrected chi connectivity index (χ0v) is 5.65. The van der Waals surface area contributed by atoms with Gasteiger partial charge in [-0.15, -0.1) is 0 Å². The van der Waals surface area contributed by atoms with Crippen LogP contribution in [-0.2, 0) is 9.59 Å². The molecule has 5 nitrogen and oxygen atoms in total. The molecular formula is C6H8O5. The minimum absolute atomic E-state index is 0.183. The first-order valence-corrected chi connectivity index (χ1v) is 3.14. The van der Waals surface area contributed by atoms with Gasteiger partial charge in [0.1, 0.15) is 0 Å². The lowest BCUT2D eigenvalue weighted by molar-refractivity contribution is -0.180. The second-order valence-corrected chi connectivity index (χ2v) is 2.75. The summed E-state index contributed by atoms with van der Waals surface area (Å²) in [5.41, 5.74) is -1.72. The van der Waals surface area contributed by atoms with Crippen molar-refractivity contribution in [3.05, 3.63) is 0 Å². The monoisotopic (exact) mass is 160 g/mol. The van der Waals surface area contributed by atoms with E-state index >= 15 is 0 Å². The Morgan fingerprint density at radius 2 is 1.55 bits per heavy atom. The Morgan fingerprint density at radius 3 is 1.64 bits per heavy atom. The third-order valence-corrected chi connectivity index (χ3v) is 1.99. The predicted octanol–water partition coefficient (Wildman–Crippen LogP) is -0.703. The van der Waals surface area contributed by atoms with Gasteiger partial charge in [-0.1, -0.05) is 0 Å². The lowest BCUT2D eigenvalue weighted by Crippen LogP contribution is -2.52. The summed E-state index contributed by atoms with van der Waals surface area (Å²) in [6.07, 6.45) is -1.14. The van der Waals surface area contributed by atoms with Crippen LogP contribution in [-0.4, -0.2) is 33.4 Å². The molecule has 1 aliphatic carbocycles. The zero-order chi connectivity index (χ0) is 8.65. The average Bonchev–Trinajstić information content (AvgIpc) is 1.78. The molecule has 1 fully saturated rings. The zero-order valence-electron chi connectivity index (χ0n) is 5.65. The molecular weight excluding hydrogens is 152 g/mol. The molecule has 0 aromatic heterocycles. The summed E-state index contributed by atoms with van der Waals surface area (Å²) in [7, 11) is 0. The minimum atomic E-state index is -1.72. The van der Waals surface area contributed by atoms with Gasteiger partial charge >= 0.3 is 11.9 Å². The average molecular weight is 160 g/mol. The van der Waals surface area contributed by atoms with Gasteiger partial charge in [0.25, 0.3) is 0 Å². The van der Waals surface area contributed by atoms with Crippen LogP contribution in [0.4, 0.5) is 0 Å². The molecule has 1 rings (SSSR count). The van der Waals surface area contributed by atoms with E-state index in [1.54, 1.807) is 0 Å². The number of aliphatic carboxylic acids is 2. The Kier molecular flexibility index (Phi) is 1.60. The van der Waals surface area contributed by atoms with Crippen LogP contribution >= 0.6 is 0 Å². The van der Waals surface area contributed by atoms with E-state index in [2.05, 4.69) is 0 Å². The minimum Gasteiger partial charge on any atom is -0.480 e. The summed E-state index contributed by atoms with van der Waals surface area (Å²) in [4.78, 5) is 20.8. The van der Waals surface area contributed by atoms with Crippen LogP contribution < -0.4 is 0 Å². The molecule has 0 heterocycles. The summed E-state index contributed by atoms with van der Waals surface area (Å²) in [5.74, 6) is -2.73. The molecule has 0 radical (unpaired) electrons. The van der Waals surface area contributed by atoms with E-state index < -0.39 is 23.5 Å². The molecule has 0 aromatic rings. The topological polar surface area (TPSA) is 94.8 Å². The lowest BCUT2D eigenvalue weighted by atomic mass is 9.67. The van der Waals surface area contributed by atoms with Gasteiger partial charge in [-0.05, 0) is 0 Å². The molecule has 0 saturated heterocycles. The van der Waals surface area contributed by atoms with Gasteiger partial charge < -0.3 is 15.3 Å². The normalized spacial score (nSPS) is 22.3. The number of hydrogen-bond acceptors (Lipinski definition) is 3. The first-order chi connectivity index (χ1) is 4.99. The van der Waals surface area contributed by atoms with E-state index in [-0.39, 0.29) is 12.8 Å². The molecule has 0 aromatic carbocycles. The number of carbonyl (C=O) groups is 2. The van der Waals surface area contributed by atoms with Crippen molar-refractivity contribution in [2.24, 2.45) is 5.41 Å². The molecule has 0 aliphatic heterocycles. The highest BCUT2D eigenvalue weighted by Gasteiger charge is 2.56. The quantitative estimate of drug-likeness (QED) is 0.464. The molecule has 0 bridgehead atoms. The van der Waals surface area contributed by atoms with Crippen molar-refractivity contribution in [2.75, 3.05) is 0 Å². The molecule has 0 amide bonds. The van der Waals surface area contributed by atoms with Crippen LogP contribution in [0.15, 0.2) is 0 Å². The highest BCUT2D eigenvalue weighted by Crippen LogP contribution is 2.41. The van der Waals surface area contributed by atoms with Crippen LogP contribution in [0, 0.1) is 5.41 Å². The van der Waals surface area contributed by atoms with Crippen LogP contribution in [0.5, 0.6) is 0 Å². The summed E-state index contributed by atoms with van der Waals surface area (Å²) >= 11 is 0. The third-order valence-electron chi connectivity index (χ3n) is 1.99. The second-order valence-electron chi connectivity index (χ2n) is 2.75. The van der Waals surface area contributed by atoms with Crippen molar-refractivity contribution in [2.45, 2.75) is 18.9 Å². The molecule has 0 spiro atoms. The molecule has 0 atom stereocenters. The van der Waals surface area contributed by atoms with Crippen molar-refractivity contribution in [3.63, 3.8) is 0 Å². The summed E-state index contributed by atoms with van der Waals surface area (Å²) < 4.78 is 0. The Hall–Kier alpha value is -1.10. The fourth-order valence-corrected chi connectivity index (χ4v) is 1.19. The van der Waals surface area contributed by atoms with Gasteiger partial charge in [-0.25, -0.2) is 0 Å². The van der Waals surface area contributed by atoms with Crippen LogP contribution in [0.3, 0.4) is 0 Å². The first-order valence-electron chi connectivity index (χ1n) is 3.14. The second kappa shape index (κ2) is 2.20. The third kappa shape index (κ3) is 0.970. The van der Waals surface area contributed by atoms with Crippen LogP contribution in [0.2, 0.25) is 0 Å². The first kappa shape index (κ1) is 8.00. The SMILES string of the molecule is O=C(O)C1(C(=O)O)CC(O)C1. The number of hydrogen-bond donors (Lipinski definition) is 3. The van der Waals surface area contributed by atoms with E-state index in [1.165, 1.54) is 0 Å². The van der Waals surface area contributed by atoms with Crippen LogP contribution in [0.25, 0.3) is 0 Å². The van der Waals surface area contributed by atoms with E-state index in [4.69, 9.17) is 15.3 Å². The van der Waals surface area contributed by atoms with Gasteiger partial charge in [-0.2, -0.15) is 0 Å². The Balaban J connectivity index is 2.77. The number of carboxylic acid groups (broad SMARTS) is 2. The fourth-order valence-electron chi connectivity index (χ4n) is 1.19. The largest absolute Gasteiger partial charge is 0.480 e. The predicted molar refractivity (Wildman–Crippen MR) is 32.9 cm³/mol. The maximum absolute atomic E-state index is 10.4. The van der Waals surface area contributed by atoms with Crippen LogP contribution in [0.1, 0.15) is 12.8 Å². The van der Waals surface area contributed by atoms with Gasteiger partial charge in [-0.3, -0.25) is 9.59 Å². The number of rotatable bonds is 2. The number of carboxylic acids is 2. The Morgan fingerprint density at radius 1 is 1.18 bits per heavy atom. The highest BCUT2D eigenvalue weighted by molar-refractivity contribution is 5.99. The van der Waals surface area contributed by atoms with Crippen molar-refractivity contribution in [1.82, 2.24) is 0 Å². The summed E-state index contributed by atoms with van der Waals surface area (Å²) in [6.45, 7) is 0. The smallest absolute Gasteiger partial charge is 0.321 e. The highest BCUT2D eigenvalue weighted by atomic mass is 16.4. The number of aliphatic hydroxyl groups is 1. The maximum Gasteiger partial charge on any atom is 0.321 e. The molecule has 0 unspecified atom stereocenters. The van der Waals surface area contributed by atoms with E-state index in [0.717, 1.165) is 0 Å². The van der Waals surface area contributed by atoms with E-state index in [1.807, 2.05) is 0 Å². The van der Waals surface area contributed by atoms with E-state index in [9.17, 15) is 9.59 Å². The number of aliphatic hydroxyl groups excluding tert-OH is 1. The molecule has 11 heavy (non-hydrogen) atoms. The van der Waals surface area contributed by atoms with Crippen molar-refractivity contribution in [1.29, 1.82) is 0 Å². The van der Waals surface area contributed by atoms with E-state index in [0.29, 0.717) is 0 Å². The lowest BCUT2D eigenvalue weighted by Gasteiger charge is -2.37. The van der Waals surface area contributed by atoms with Gasteiger partial charge in [0.05, 0.1) is 6.10 Å². The molecule has 1 aliphatic rings. The molecule has 62 valence electrons. The molecule has 5 heteroatoms. The van der Waals surface area contributed by atoms with Crippen molar-refractivity contribution < 1.29 is 24.9 Å².